The Kier molecular flexibility index (Phi) is 28.2. The number of unbranched alkanes of at least 4 members (excludes halogenated alkanes) is 15. The number of carbonyl (C=O) groups excluding carboxylic acids is 5. The number of ketones is 1. The molecule has 1 fully saturated rings. The van der Waals surface area contributed by atoms with E-state index in [9.17, 15) is 24.0 Å². The van der Waals surface area contributed by atoms with Crippen LogP contribution < -0.4 is 10.6 Å². The molecule has 59 heavy (non-hydrogen) atoms. The Morgan fingerprint density at radius 1 is 0.627 bits per heavy atom. The van der Waals surface area contributed by atoms with E-state index in [0.717, 1.165) is 25.7 Å². The number of Topliss-reactive ketones (excluding diaryl/α,β-unsaturated/α-hetero) is 1. The zero-order valence-electron chi connectivity index (χ0n) is 39.2. The molecule has 3 unspecified atom stereocenters. The van der Waals surface area contributed by atoms with Crippen molar-refractivity contribution in [3.05, 3.63) is 0 Å². The van der Waals surface area contributed by atoms with Crippen LogP contribution in [0.4, 0.5) is 0 Å². The standard InChI is InChI=1S/C48H88N2O9/c1-10-12-13-14-15-16-17-18-19-20-21-22-23-24-25-26-29-57-31-33-59-45(55)48(8,37-46(4,5)44(54)58-32-30-56-9)36-40(42(52)49-41-27-28-41)34-39(11-2)43(53)50-47(6,7)35-38(3)51/h39-41H,10-37H2,1-9H3,(H,49,52)(H,50,53). The highest BCUT2D eigenvalue weighted by Crippen LogP contribution is 2.42. The van der Waals surface area contributed by atoms with Gasteiger partial charge in [0.25, 0.3) is 0 Å². The summed E-state index contributed by atoms with van der Waals surface area (Å²) in [6, 6.07) is 0.0744. The van der Waals surface area contributed by atoms with Crippen LogP contribution in [0.15, 0.2) is 0 Å². The Bertz CT molecular complexity index is 1200. The lowest BCUT2D eigenvalue weighted by atomic mass is 9.68. The van der Waals surface area contributed by atoms with E-state index < -0.39 is 40.1 Å². The minimum absolute atomic E-state index is 0.0340. The van der Waals surface area contributed by atoms with Crippen molar-refractivity contribution < 1.29 is 42.9 Å². The zero-order valence-corrected chi connectivity index (χ0v) is 39.2. The lowest BCUT2D eigenvalue weighted by Crippen LogP contribution is -2.48. The molecule has 3 atom stereocenters. The third-order valence-electron chi connectivity index (χ3n) is 11.6. The second kappa shape index (κ2) is 30.5. The van der Waals surface area contributed by atoms with E-state index in [2.05, 4.69) is 17.6 Å². The van der Waals surface area contributed by atoms with E-state index in [1.54, 1.807) is 20.8 Å². The molecule has 0 aromatic heterocycles. The van der Waals surface area contributed by atoms with Gasteiger partial charge >= 0.3 is 11.9 Å². The Balaban J connectivity index is 2.78. The molecule has 1 rings (SSSR count). The van der Waals surface area contributed by atoms with E-state index in [0.29, 0.717) is 13.0 Å². The van der Waals surface area contributed by atoms with Crippen molar-refractivity contribution in [3.63, 3.8) is 0 Å². The predicted molar refractivity (Wildman–Crippen MR) is 236 cm³/mol. The summed E-state index contributed by atoms with van der Waals surface area (Å²) in [6.45, 7) is 15.7. The molecular weight excluding hydrogens is 749 g/mol. The highest BCUT2D eigenvalue weighted by atomic mass is 16.6. The summed E-state index contributed by atoms with van der Waals surface area (Å²) >= 11 is 0. The number of carbonyl (C=O) groups is 5. The number of ether oxygens (including phenoxy) is 4. The third kappa shape index (κ3) is 25.8. The highest BCUT2D eigenvalue weighted by Gasteiger charge is 2.47. The largest absolute Gasteiger partial charge is 0.463 e. The van der Waals surface area contributed by atoms with Crippen LogP contribution in [0.1, 0.15) is 203 Å². The van der Waals surface area contributed by atoms with Crippen LogP contribution in [0, 0.1) is 22.7 Å². The maximum Gasteiger partial charge on any atom is 0.311 e. The second-order valence-electron chi connectivity index (χ2n) is 19.1. The molecule has 344 valence electrons. The lowest BCUT2D eigenvalue weighted by molar-refractivity contribution is -0.165. The SMILES string of the molecule is CCCCCCCCCCCCCCCCCCOCCOC(=O)C(C)(CC(CC(CC)C(=O)NC(C)(C)CC(C)=O)C(=O)NC1CC1)CC(C)(C)C(=O)OCCOC. The van der Waals surface area contributed by atoms with Crippen LogP contribution in [0.25, 0.3) is 0 Å². The maximum atomic E-state index is 14.1. The van der Waals surface area contributed by atoms with Crippen molar-refractivity contribution in [2.75, 3.05) is 40.1 Å². The predicted octanol–water partition coefficient (Wildman–Crippen LogP) is 9.99. The fraction of sp³-hybridized carbons (Fsp3) is 0.896. The van der Waals surface area contributed by atoms with Gasteiger partial charge in [-0.25, -0.2) is 0 Å². The first-order valence-electron chi connectivity index (χ1n) is 23.5. The molecule has 0 aromatic rings. The fourth-order valence-electron chi connectivity index (χ4n) is 8.19. The first-order valence-corrected chi connectivity index (χ1v) is 23.5. The summed E-state index contributed by atoms with van der Waals surface area (Å²) in [5.74, 6) is -2.75. The van der Waals surface area contributed by atoms with Crippen LogP contribution >= 0.6 is 0 Å². The first kappa shape index (κ1) is 54.5. The molecule has 0 heterocycles. The normalized spacial score (nSPS) is 15.2. The molecule has 11 heteroatoms. The van der Waals surface area contributed by atoms with Crippen molar-refractivity contribution in [2.45, 2.75) is 215 Å². The van der Waals surface area contributed by atoms with E-state index in [1.165, 1.54) is 104 Å². The monoisotopic (exact) mass is 837 g/mol. The van der Waals surface area contributed by atoms with Crippen LogP contribution in [0.3, 0.4) is 0 Å². The Morgan fingerprint density at radius 2 is 1.14 bits per heavy atom. The number of rotatable bonds is 38. The number of methoxy groups -OCH3 is 1. The van der Waals surface area contributed by atoms with E-state index in [-0.39, 0.29) is 75.8 Å². The smallest absolute Gasteiger partial charge is 0.311 e. The average molecular weight is 837 g/mol. The zero-order chi connectivity index (χ0) is 44.2. The lowest BCUT2D eigenvalue weighted by Gasteiger charge is -2.37. The Morgan fingerprint density at radius 3 is 1.63 bits per heavy atom. The molecule has 1 aliphatic rings. The topological polar surface area (TPSA) is 146 Å². The maximum absolute atomic E-state index is 14.1. The minimum Gasteiger partial charge on any atom is -0.463 e. The number of hydrogen-bond donors (Lipinski definition) is 2. The van der Waals surface area contributed by atoms with Gasteiger partial charge in [0.2, 0.25) is 11.8 Å². The van der Waals surface area contributed by atoms with Crippen molar-refractivity contribution in [2.24, 2.45) is 22.7 Å². The number of nitrogens with one attached hydrogen (secondary N) is 2. The highest BCUT2D eigenvalue weighted by molar-refractivity contribution is 5.85. The molecule has 0 radical (unpaired) electrons. The molecule has 1 saturated carbocycles. The molecule has 0 aromatic carbocycles. The Hall–Kier alpha value is -2.53. The molecule has 2 amide bonds. The summed E-state index contributed by atoms with van der Waals surface area (Å²) < 4.78 is 22.2. The summed E-state index contributed by atoms with van der Waals surface area (Å²) in [7, 11) is 1.53. The van der Waals surface area contributed by atoms with Gasteiger partial charge in [-0.05, 0) is 86.5 Å². The van der Waals surface area contributed by atoms with Gasteiger partial charge in [-0.3, -0.25) is 24.0 Å². The van der Waals surface area contributed by atoms with Gasteiger partial charge in [-0.15, -0.1) is 0 Å². The minimum atomic E-state index is -1.27. The fourth-order valence-corrected chi connectivity index (χ4v) is 8.19. The van der Waals surface area contributed by atoms with Gasteiger partial charge in [0.1, 0.15) is 19.0 Å². The molecule has 1 aliphatic carbocycles. The van der Waals surface area contributed by atoms with Crippen molar-refractivity contribution >= 4 is 29.5 Å². The molecule has 0 spiro atoms. The molecule has 0 aliphatic heterocycles. The summed E-state index contributed by atoms with van der Waals surface area (Å²) in [6.07, 6.45) is 23.7. The van der Waals surface area contributed by atoms with Gasteiger partial charge in [0.15, 0.2) is 0 Å². The van der Waals surface area contributed by atoms with E-state index in [1.807, 2.05) is 20.8 Å². The van der Waals surface area contributed by atoms with Gasteiger partial charge < -0.3 is 29.6 Å². The molecule has 0 bridgehead atoms. The number of hydrogen-bond acceptors (Lipinski definition) is 9. The van der Waals surface area contributed by atoms with Crippen molar-refractivity contribution in [1.82, 2.24) is 10.6 Å². The van der Waals surface area contributed by atoms with E-state index in [4.69, 9.17) is 18.9 Å². The molecular formula is C48H88N2O9. The summed E-state index contributed by atoms with van der Waals surface area (Å²) in [4.78, 5) is 66.7. The van der Waals surface area contributed by atoms with Crippen LogP contribution in [-0.4, -0.2) is 81.3 Å². The average Bonchev–Trinajstić information content (AvgIpc) is 3.98. The number of amides is 2. The van der Waals surface area contributed by atoms with Crippen LogP contribution in [0.5, 0.6) is 0 Å². The van der Waals surface area contributed by atoms with Gasteiger partial charge in [-0.2, -0.15) is 0 Å². The first-order chi connectivity index (χ1) is 28.0. The summed E-state index contributed by atoms with van der Waals surface area (Å²) in [5.41, 5.74) is -3.12. The molecule has 0 saturated heterocycles. The van der Waals surface area contributed by atoms with Gasteiger partial charge in [-0.1, -0.05) is 110 Å². The summed E-state index contributed by atoms with van der Waals surface area (Å²) in [5, 5.41) is 6.10. The quantitative estimate of drug-likeness (QED) is 0.0458. The third-order valence-corrected chi connectivity index (χ3v) is 11.6. The van der Waals surface area contributed by atoms with E-state index >= 15 is 0 Å². The van der Waals surface area contributed by atoms with Crippen molar-refractivity contribution in [3.8, 4) is 0 Å². The second-order valence-corrected chi connectivity index (χ2v) is 19.1. The van der Waals surface area contributed by atoms with Crippen LogP contribution in [0.2, 0.25) is 0 Å². The number of esters is 2. The van der Waals surface area contributed by atoms with Crippen LogP contribution in [-0.2, 0) is 42.9 Å². The molecule has 11 nitrogen and oxygen atoms in total. The Labute approximate surface area is 359 Å². The van der Waals surface area contributed by atoms with Gasteiger partial charge in [0, 0.05) is 43.6 Å². The molecule has 2 N–H and O–H groups in total. The van der Waals surface area contributed by atoms with Gasteiger partial charge in [0.05, 0.1) is 24.0 Å². The van der Waals surface area contributed by atoms with Crippen molar-refractivity contribution in [1.29, 1.82) is 0 Å².